The van der Waals surface area contributed by atoms with Crippen molar-refractivity contribution in [1.29, 1.82) is 0 Å². The smallest absolute Gasteiger partial charge is 0.159 e. The Morgan fingerprint density at radius 1 is 0.630 bits per heavy atom. The fraction of sp³-hybridized carbons (Fsp3) is 0.115. The molecule has 132 valence electrons. The number of benzene rings is 4. The van der Waals surface area contributed by atoms with Crippen molar-refractivity contribution in [1.82, 2.24) is 0 Å². The molecular formula is C26H22O. The van der Waals surface area contributed by atoms with Gasteiger partial charge in [-0.2, -0.15) is 0 Å². The summed E-state index contributed by atoms with van der Waals surface area (Å²) in [4.78, 5) is 11.4. The zero-order chi connectivity index (χ0) is 18.6. The third kappa shape index (κ3) is 3.98. The van der Waals surface area contributed by atoms with Gasteiger partial charge in [-0.1, -0.05) is 84.9 Å². The second-order valence-corrected chi connectivity index (χ2v) is 7.02. The number of ketones is 1. The summed E-state index contributed by atoms with van der Waals surface area (Å²) in [6, 6.07) is 31.8. The van der Waals surface area contributed by atoms with Crippen LogP contribution in [0.3, 0.4) is 0 Å². The Bertz CT molecular complexity index is 1080. The summed E-state index contributed by atoms with van der Waals surface area (Å²) in [5.74, 6) is 0.117. The minimum Gasteiger partial charge on any atom is -0.295 e. The van der Waals surface area contributed by atoms with Crippen molar-refractivity contribution in [2.24, 2.45) is 0 Å². The Morgan fingerprint density at radius 2 is 1.26 bits per heavy atom. The summed E-state index contributed by atoms with van der Waals surface area (Å²) in [6.07, 6.45) is 1.97. The SMILES string of the molecule is CC(=O)c1ccc(CCc2ccc3cc(-c4ccccc4)ccc3c2)cc1. The quantitative estimate of drug-likeness (QED) is 0.376. The lowest BCUT2D eigenvalue weighted by atomic mass is 9.97. The van der Waals surface area contributed by atoms with E-state index >= 15 is 0 Å². The van der Waals surface area contributed by atoms with E-state index in [1.807, 2.05) is 18.2 Å². The predicted molar refractivity (Wildman–Crippen MR) is 113 cm³/mol. The number of rotatable bonds is 5. The van der Waals surface area contributed by atoms with Gasteiger partial charge in [0.2, 0.25) is 0 Å². The average molecular weight is 350 g/mol. The Morgan fingerprint density at radius 3 is 2.00 bits per heavy atom. The molecule has 0 N–H and O–H groups in total. The Kier molecular flexibility index (Phi) is 4.84. The van der Waals surface area contributed by atoms with Crippen LogP contribution in [0.1, 0.15) is 28.4 Å². The van der Waals surface area contributed by atoms with Gasteiger partial charge in [0.15, 0.2) is 5.78 Å². The summed E-state index contributed by atoms with van der Waals surface area (Å²) in [5, 5.41) is 2.55. The lowest BCUT2D eigenvalue weighted by Gasteiger charge is -2.07. The van der Waals surface area contributed by atoms with Crippen LogP contribution in [0.4, 0.5) is 0 Å². The standard InChI is InChI=1S/C26H22O/c1-19(27)22-12-9-20(10-13-22)7-8-21-11-14-26-18-25(16-15-24(26)17-21)23-5-3-2-4-6-23/h2-6,9-18H,7-8H2,1H3. The van der Waals surface area contributed by atoms with E-state index in [0.29, 0.717) is 0 Å². The van der Waals surface area contributed by atoms with Crippen molar-refractivity contribution in [3.8, 4) is 11.1 Å². The molecule has 0 amide bonds. The van der Waals surface area contributed by atoms with E-state index in [4.69, 9.17) is 0 Å². The van der Waals surface area contributed by atoms with Crippen molar-refractivity contribution in [2.75, 3.05) is 0 Å². The molecule has 1 nitrogen and oxygen atoms in total. The van der Waals surface area contributed by atoms with Gasteiger partial charge >= 0.3 is 0 Å². The van der Waals surface area contributed by atoms with Crippen LogP contribution in [0.5, 0.6) is 0 Å². The van der Waals surface area contributed by atoms with E-state index in [0.717, 1.165) is 18.4 Å². The third-order valence-corrected chi connectivity index (χ3v) is 5.07. The third-order valence-electron chi connectivity index (χ3n) is 5.07. The average Bonchev–Trinajstić information content (AvgIpc) is 2.72. The highest BCUT2D eigenvalue weighted by Gasteiger charge is 2.03. The van der Waals surface area contributed by atoms with Gasteiger partial charge in [-0.05, 0) is 58.9 Å². The van der Waals surface area contributed by atoms with Crippen LogP contribution in [0.2, 0.25) is 0 Å². The van der Waals surface area contributed by atoms with Crippen molar-refractivity contribution >= 4 is 16.6 Å². The lowest BCUT2D eigenvalue weighted by Crippen LogP contribution is -1.95. The van der Waals surface area contributed by atoms with E-state index in [-0.39, 0.29) is 5.78 Å². The molecule has 0 saturated carbocycles. The van der Waals surface area contributed by atoms with Gasteiger partial charge < -0.3 is 0 Å². The molecule has 0 atom stereocenters. The Balaban J connectivity index is 1.51. The van der Waals surface area contributed by atoms with E-state index < -0.39 is 0 Å². The molecule has 1 heteroatoms. The summed E-state index contributed by atoms with van der Waals surface area (Å²) in [6.45, 7) is 1.60. The second-order valence-electron chi connectivity index (χ2n) is 7.02. The second kappa shape index (κ2) is 7.59. The molecule has 4 aromatic carbocycles. The van der Waals surface area contributed by atoms with Crippen LogP contribution in [-0.2, 0) is 12.8 Å². The Hall–Kier alpha value is -3.19. The largest absolute Gasteiger partial charge is 0.295 e. The molecule has 0 aliphatic rings. The van der Waals surface area contributed by atoms with E-state index in [1.165, 1.54) is 33.0 Å². The van der Waals surface area contributed by atoms with E-state index in [1.54, 1.807) is 6.92 Å². The zero-order valence-electron chi connectivity index (χ0n) is 15.5. The van der Waals surface area contributed by atoms with Gasteiger partial charge in [-0.25, -0.2) is 0 Å². The van der Waals surface area contributed by atoms with Crippen LogP contribution in [0.15, 0.2) is 91.0 Å². The number of hydrogen-bond donors (Lipinski definition) is 0. The summed E-state index contributed by atoms with van der Waals surface area (Å²) >= 11 is 0. The van der Waals surface area contributed by atoms with Gasteiger partial charge in [-0.3, -0.25) is 4.79 Å². The van der Waals surface area contributed by atoms with Crippen LogP contribution >= 0.6 is 0 Å². The lowest BCUT2D eigenvalue weighted by molar-refractivity contribution is 0.101. The number of Topliss-reactive ketones (excluding diaryl/α,β-unsaturated/α-hetero) is 1. The number of fused-ring (bicyclic) bond motifs is 1. The first-order chi connectivity index (χ1) is 13.2. The maximum Gasteiger partial charge on any atom is 0.159 e. The zero-order valence-corrected chi connectivity index (χ0v) is 15.5. The van der Waals surface area contributed by atoms with Crippen LogP contribution in [-0.4, -0.2) is 5.78 Å². The predicted octanol–water partition coefficient (Wildman–Crippen LogP) is 6.49. The van der Waals surface area contributed by atoms with Gasteiger partial charge in [0, 0.05) is 5.56 Å². The van der Waals surface area contributed by atoms with E-state index in [9.17, 15) is 4.79 Å². The molecule has 4 aromatic rings. The fourth-order valence-corrected chi connectivity index (χ4v) is 3.46. The van der Waals surface area contributed by atoms with Crippen molar-refractivity contribution in [3.05, 3.63) is 108 Å². The topological polar surface area (TPSA) is 17.1 Å². The first-order valence-electron chi connectivity index (χ1n) is 9.37. The number of carbonyl (C=O) groups is 1. The van der Waals surface area contributed by atoms with Crippen molar-refractivity contribution < 1.29 is 4.79 Å². The highest BCUT2D eigenvalue weighted by molar-refractivity contribution is 5.94. The van der Waals surface area contributed by atoms with Gasteiger partial charge in [-0.15, -0.1) is 0 Å². The maximum absolute atomic E-state index is 11.4. The molecule has 0 bridgehead atoms. The van der Waals surface area contributed by atoms with Crippen molar-refractivity contribution in [3.63, 3.8) is 0 Å². The molecule has 0 radical (unpaired) electrons. The monoisotopic (exact) mass is 350 g/mol. The maximum atomic E-state index is 11.4. The molecule has 0 aliphatic carbocycles. The molecule has 0 unspecified atom stereocenters. The highest BCUT2D eigenvalue weighted by Crippen LogP contribution is 2.25. The molecule has 0 spiro atoms. The normalized spacial score (nSPS) is 10.9. The first kappa shape index (κ1) is 17.2. The minimum absolute atomic E-state index is 0.117. The van der Waals surface area contributed by atoms with E-state index in [2.05, 4.69) is 72.8 Å². The van der Waals surface area contributed by atoms with Crippen molar-refractivity contribution in [2.45, 2.75) is 19.8 Å². The fourth-order valence-electron chi connectivity index (χ4n) is 3.46. The van der Waals surface area contributed by atoms with Crippen LogP contribution in [0.25, 0.3) is 21.9 Å². The first-order valence-corrected chi connectivity index (χ1v) is 9.37. The van der Waals surface area contributed by atoms with Gasteiger partial charge in [0.1, 0.15) is 0 Å². The molecule has 0 heterocycles. The minimum atomic E-state index is 0.117. The summed E-state index contributed by atoms with van der Waals surface area (Å²) < 4.78 is 0. The van der Waals surface area contributed by atoms with Gasteiger partial charge in [0.05, 0.1) is 0 Å². The highest BCUT2D eigenvalue weighted by atomic mass is 16.1. The number of aryl methyl sites for hydroxylation is 2. The number of carbonyl (C=O) groups excluding carboxylic acids is 1. The molecule has 0 aliphatic heterocycles. The molecule has 4 rings (SSSR count). The molecule has 0 fully saturated rings. The molecular weight excluding hydrogens is 328 g/mol. The molecule has 0 aromatic heterocycles. The summed E-state index contributed by atoms with van der Waals surface area (Å²) in [7, 11) is 0. The molecule has 27 heavy (non-hydrogen) atoms. The number of hydrogen-bond acceptors (Lipinski definition) is 1. The Labute approximate surface area is 160 Å². The van der Waals surface area contributed by atoms with Gasteiger partial charge in [0.25, 0.3) is 0 Å². The molecule has 0 saturated heterocycles. The van der Waals surface area contributed by atoms with Crippen LogP contribution in [0, 0.1) is 0 Å². The summed E-state index contributed by atoms with van der Waals surface area (Å²) in [5.41, 5.74) is 5.88. The van der Waals surface area contributed by atoms with Crippen LogP contribution < -0.4 is 0 Å².